The fourth-order valence-corrected chi connectivity index (χ4v) is 5.31. The van der Waals surface area contributed by atoms with Gasteiger partial charge in [0.25, 0.3) is 0 Å². The van der Waals surface area contributed by atoms with Crippen molar-refractivity contribution in [3.8, 4) is 0 Å². The maximum atomic E-state index is 12.8. The van der Waals surface area contributed by atoms with Crippen molar-refractivity contribution in [2.24, 2.45) is 16.8 Å². The normalized spacial score (nSPS) is 17.9. The molecule has 3 rings (SSSR count). The molecule has 240 valence electrons. The Hall–Kier alpha value is -2.61. The number of aryl methyl sites for hydroxylation is 1. The molecule has 1 N–H and O–H groups in total. The van der Waals surface area contributed by atoms with Gasteiger partial charge in [0.2, 0.25) is 0 Å². The Morgan fingerprint density at radius 3 is 2.42 bits per heavy atom. The summed E-state index contributed by atoms with van der Waals surface area (Å²) < 4.78 is 16.2. The average Bonchev–Trinajstić information content (AvgIpc) is 3.53. The van der Waals surface area contributed by atoms with Crippen LogP contribution in [0.4, 0.5) is 5.69 Å². The van der Waals surface area contributed by atoms with Crippen LogP contribution in [0.5, 0.6) is 0 Å². The molecule has 0 amide bonds. The molecule has 1 aromatic rings. The number of aldehydes is 1. The molecule has 1 heterocycles. The van der Waals surface area contributed by atoms with Crippen molar-refractivity contribution < 1.29 is 23.8 Å². The number of rotatable bonds is 14. The first-order valence-corrected chi connectivity index (χ1v) is 16.2. The van der Waals surface area contributed by atoms with Crippen LogP contribution in [-0.2, 0) is 30.3 Å². The highest BCUT2D eigenvalue weighted by atomic mass is 16.5. The molecule has 43 heavy (non-hydrogen) atoms. The number of nitrogens with one attached hydrogen (secondary N) is 1. The van der Waals surface area contributed by atoms with Gasteiger partial charge in [0.15, 0.2) is 0 Å². The highest BCUT2D eigenvalue weighted by Crippen LogP contribution is 2.25. The number of benzene rings is 1. The minimum Gasteiger partial charge on any atom is -0.461 e. The lowest BCUT2D eigenvalue weighted by Gasteiger charge is -2.20. The molecule has 7 heteroatoms. The first-order valence-electron chi connectivity index (χ1n) is 16.2. The van der Waals surface area contributed by atoms with Gasteiger partial charge in [0.05, 0.1) is 11.4 Å². The minimum atomic E-state index is -0.416. The first kappa shape index (κ1) is 36.6. The Bertz CT molecular complexity index is 1080. The van der Waals surface area contributed by atoms with Crippen LogP contribution in [0.15, 0.2) is 46.5 Å². The lowest BCUT2D eigenvalue weighted by atomic mass is 9.97. The molecule has 1 aliphatic carbocycles. The van der Waals surface area contributed by atoms with Crippen LogP contribution in [0.2, 0.25) is 0 Å². The summed E-state index contributed by atoms with van der Waals surface area (Å²) >= 11 is 0. The molecule has 0 spiro atoms. The van der Waals surface area contributed by atoms with Crippen LogP contribution in [0.1, 0.15) is 97.1 Å². The molecule has 7 nitrogen and oxygen atoms in total. The number of nitrogens with zero attached hydrogens (tertiary/aromatic N) is 1. The molecular weight excluding hydrogens is 540 g/mol. The second-order valence-electron chi connectivity index (χ2n) is 12.0. The van der Waals surface area contributed by atoms with Gasteiger partial charge in [-0.1, -0.05) is 45.4 Å². The third kappa shape index (κ3) is 13.3. The number of carbonyl (C=O) groups is 2. The zero-order valence-corrected chi connectivity index (χ0v) is 27.7. The maximum Gasteiger partial charge on any atom is 0.323 e. The highest BCUT2D eigenvalue weighted by molar-refractivity contribution is 6.06. The summed E-state index contributed by atoms with van der Waals surface area (Å²) in [6, 6.07) is 5.75. The van der Waals surface area contributed by atoms with Gasteiger partial charge in [-0.25, -0.2) is 0 Å². The lowest BCUT2D eigenvalue weighted by molar-refractivity contribution is -0.151. The van der Waals surface area contributed by atoms with Crippen molar-refractivity contribution in [2.45, 2.75) is 112 Å². The average molecular weight is 597 g/mol. The highest BCUT2D eigenvalue weighted by Gasteiger charge is 2.25. The van der Waals surface area contributed by atoms with E-state index in [2.05, 4.69) is 44.3 Å². The Morgan fingerprint density at radius 1 is 1.16 bits per heavy atom. The van der Waals surface area contributed by atoms with Gasteiger partial charge in [-0.2, -0.15) is 0 Å². The van der Waals surface area contributed by atoms with Crippen LogP contribution in [0.25, 0.3) is 0 Å². The van der Waals surface area contributed by atoms with E-state index >= 15 is 0 Å². The maximum absolute atomic E-state index is 12.8. The van der Waals surface area contributed by atoms with Crippen LogP contribution in [0.3, 0.4) is 0 Å². The van der Waals surface area contributed by atoms with E-state index in [1.54, 1.807) is 14.0 Å². The molecule has 1 aliphatic heterocycles. The number of carbonyl (C=O) groups excluding carboxylic acids is 2. The van der Waals surface area contributed by atoms with Gasteiger partial charge in [-0.3, -0.25) is 14.6 Å². The number of hydrogen-bond acceptors (Lipinski definition) is 7. The van der Waals surface area contributed by atoms with E-state index in [9.17, 15) is 9.59 Å². The van der Waals surface area contributed by atoms with Crippen LogP contribution in [-0.4, -0.2) is 57.0 Å². The largest absolute Gasteiger partial charge is 0.461 e. The Morgan fingerprint density at radius 2 is 1.86 bits per heavy atom. The van der Waals surface area contributed by atoms with E-state index in [1.807, 2.05) is 26.0 Å². The van der Waals surface area contributed by atoms with Gasteiger partial charge in [0, 0.05) is 33.5 Å². The van der Waals surface area contributed by atoms with Crippen molar-refractivity contribution in [2.75, 3.05) is 26.9 Å². The molecule has 1 saturated heterocycles. The van der Waals surface area contributed by atoms with Gasteiger partial charge in [-0.15, -0.1) is 0 Å². The van der Waals surface area contributed by atoms with E-state index in [4.69, 9.17) is 19.2 Å². The first-order chi connectivity index (χ1) is 20.7. The van der Waals surface area contributed by atoms with Gasteiger partial charge < -0.3 is 19.5 Å². The fourth-order valence-electron chi connectivity index (χ4n) is 5.31. The molecule has 1 aromatic carbocycles. The second-order valence-corrected chi connectivity index (χ2v) is 12.0. The third-order valence-electron chi connectivity index (χ3n) is 8.19. The van der Waals surface area contributed by atoms with E-state index < -0.39 is 6.04 Å². The van der Waals surface area contributed by atoms with Crippen molar-refractivity contribution in [3.63, 3.8) is 0 Å². The summed E-state index contributed by atoms with van der Waals surface area (Å²) in [4.78, 5) is 29.0. The summed E-state index contributed by atoms with van der Waals surface area (Å²) in [6.07, 6.45) is 13.4. The van der Waals surface area contributed by atoms with Crippen molar-refractivity contribution in [1.82, 2.24) is 5.32 Å². The third-order valence-corrected chi connectivity index (χ3v) is 8.19. The Kier molecular flexibility index (Phi) is 17.3. The van der Waals surface area contributed by atoms with Crippen molar-refractivity contribution >= 4 is 23.7 Å². The summed E-state index contributed by atoms with van der Waals surface area (Å²) in [5, 5.41) is 3.37. The van der Waals surface area contributed by atoms with Crippen molar-refractivity contribution in [3.05, 3.63) is 52.6 Å². The number of ether oxygens (including phenoxy) is 3. The van der Waals surface area contributed by atoms with E-state index in [1.165, 1.54) is 19.3 Å². The smallest absolute Gasteiger partial charge is 0.323 e. The Balaban J connectivity index is 0.000000694. The standard InChI is InChI=1S/C29H42N2O4.C7H14O/c1-7-24(16-21(4)19-32)28(20(2)3)31-27-17-23(13-12-22(27)5)18-30-26(14-15-34-6)29(33)35-25-10-8-9-11-25;1-2-7-3-5-8-6-4-7/h7,12-13,16-17,19-20,25-26,30H,8-11,14-15,18H2,1-6H3;7H,2-6H2,1H3/b21-16-,24-7+,31-28?;. The van der Waals surface area contributed by atoms with Crippen LogP contribution in [0, 0.1) is 18.8 Å². The van der Waals surface area contributed by atoms with E-state index in [0.29, 0.717) is 25.1 Å². The zero-order valence-electron chi connectivity index (χ0n) is 27.7. The number of esters is 1. The van der Waals surface area contributed by atoms with E-state index in [-0.39, 0.29) is 18.0 Å². The topological polar surface area (TPSA) is 86.2 Å². The number of methoxy groups -OCH3 is 1. The molecular formula is C36H56N2O5. The predicted molar refractivity (Wildman–Crippen MR) is 176 cm³/mol. The molecule has 0 bridgehead atoms. The van der Waals surface area contributed by atoms with Crippen LogP contribution < -0.4 is 5.32 Å². The van der Waals surface area contributed by atoms with Gasteiger partial charge in [0.1, 0.15) is 18.4 Å². The second kappa shape index (κ2) is 20.4. The minimum absolute atomic E-state index is 0.0434. The quantitative estimate of drug-likeness (QED) is 0.0782. The summed E-state index contributed by atoms with van der Waals surface area (Å²) in [5.41, 5.74) is 5.52. The SMILES string of the molecule is C/C=C(\C=C(\C)C=O)C(=Nc1cc(CNC(CCOC)C(=O)OC2CCCC2)ccc1C)C(C)C.CCC1CCOCC1. The lowest BCUT2D eigenvalue weighted by Crippen LogP contribution is -2.40. The number of hydrogen-bond donors (Lipinski definition) is 1. The molecule has 0 radical (unpaired) electrons. The molecule has 0 aromatic heterocycles. The number of allylic oxidation sites excluding steroid dienone is 4. The van der Waals surface area contributed by atoms with Gasteiger partial charge >= 0.3 is 5.97 Å². The Labute approximate surface area is 260 Å². The number of aliphatic imine (C=N–C) groups is 1. The molecule has 1 saturated carbocycles. The molecule has 1 atom stereocenters. The zero-order chi connectivity index (χ0) is 31.6. The summed E-state index contributed by atoms with van der Waals surface area (Å²) in [5.74, 6) is 0.946. The van der Waals surface area contributed by atoms with Crippen molar-refractivity contribution in [1.29, 1.82) is 0 Å². The monoisotopic (exact) mass is 596 g/mol. The molecule has 1 unspecified atom stereocenters. The predicted octanol–water partition coefficient (Wildman–Crippen LogP) is 7.62. The van der Waals surface area contributed by atoms with E-state index in [0.717, 1.165) is 79.2 Å². The van der Waals surface area contributed by atoms with Crippen LogP contribution >= 0.6 is 0 Å². The summed E-state index contributed by atoms with van der Waals surface area (Å²) in [7, 11) is 1.64. The molecule has 2 aliphatic rings. The fraction of sp³-hybridized carbons (Fsp3) is 0.639. The summed E-state index contributed by atoms with van der Waals surface area (Å²) in [6.45, 7) is 15.3. The molecule has 2 fully saturated rings. The van der Waals surface area contributed by atoms with Gasteiger partial charge in [-0.05, 0) is 112 Å².